The zero-order valence-corrected chi connectivity index (χ0v) is 11.1. The van der Waals surface area contributed by atoms with Crippen molar-refractivity contribution in [2.75, 3.05) is 10.6 Å². The topological polar surface area (TPSA) is 71.1 Å². The Kier molecular flexibility index (Phi) is 3.12. The lowest BCUT2D eigenvalue weighted by molar-refractivity contribution is -0.115. The molecule has 0 spiro atoms. The maximum absolute atomic E-state index is 12.1. The minimum Gasteiger partial charge on any atom is -0.326 e. The Morgan fingerprint density at radius 1 is 1.35 bits per heavy atom. The first kappa shape index (κ1) is 12.6. The number of hydrogen-bond acceptors (Lipinski definition) is 3. The molecule has 3 rings (SSSR count). The molecule has 5 nitrogen and oxygen atoms in total. The van der Waals surface area contributed by atoms with Crippen LogP contribution in [0.5, 0.6) is 0 Å². The number of benzene rings is 1. The first-order chi connectivity index (χ1) is 9.63. The Hall–Kier alpha value is -2.40. The average Bonchev–Trinajstić information content (AvgIpc) is 2.80. The molecule has 0 aliphatic carbocycles. The fraction of sp³-hybridized carbons (Fsp3) is 0.0714. The molecule has 20 heavy (non-hydrogen) atoms. The minimum atomic E-state index is -0.302. The predicted octanol–water partition coefficient (Wildman–Crippen LogP) is 2.48. The number of carbonyl (C=O) groups is 2. The second-order valence-corrected chi connectivity index (χ2v) is 4.75. The summed E-state index contributed by atoms with van der Waals surface area (Å²) in [5.74, 6) is -0.364. The lowest BCUT2D eigenvalue weighted by atomic mass is 10.1. The van der Waals surface area contributed by atoms with Crippen molar-refractivity contribution in [3.63, 3.8) is 0 Å². The van der Waals surface area contributed by atoms with E-state index in [0.29, 0.717) is 23.4 Å². The van der Waals surface area contributed by atoms with Gasteiger partial charge in [0.2, 0.25) is 5.91 Å². The second kappa shape index (κ2) is 4.94. The van der Waals surface area contributed by atoms with Gasteiger partial charge in [-0.1, -0.05) is 17.7 Å². The van der Waals surface area contributed by atoms with Gasteiger partial charge >= 0.3 is 0 Å². The fourth-order valence-corrected chi connectivity index (χ4v) is 2.20. The van der Waals surface area contributed by atoms with Crippen molar-refractivity contribution >= 4 is 34.8 Å². The third kappa shape index (κ3) is 2.35. The standard InChI is InChI=1S/C14H10ClN3O2/c15-13-10(2-1-5-16-13)18-14(20)9-4-3-8-7-12(19)17-11(8)6-9/h1-6H,7H2,(H,17,19)(H,18,20). The van der Waals surface area contributed by atoms with E-state index in [1.54, 1.807) is 36.5 Å². The summed E-state index contributed by atoms with van der Waals surface area (Å²) in [6.45, 7) is 0. The maximum Gasteiger partial charge on any atom is 0.255 e. The van der Waals surface area contributed by atoms with E-state index >= 15 is 0 Å². The average molecular weight is 288 g/mol. The quantitative estimate of drug-likeness (QED) is 0.834. The molecule has 2 heterocycles. The molecule has 1 aliphatic heterocycles. The number of amides is 2. The lowest BCUT2D eigenvalue weighted by Gasteiger charge is -2.07. The molecule has 0 saturated heterocycles. The number of nitrogens with zero attached hydrogens (tertiary/aromatic N) is 1. The number of anilines is 2. The highest BCUT2D eigenvalue weighted by Gasteiger charge is 2.19. The van der Waals surface area contributed by atoms with Crippen LogP contribution in [0.3, 0.4) is 0 Å². The van der Waals surface area contributed by atoms with E-state index in [2.05, 4.69) is 15.6 Å². The summed E-state index contributed by atoms with van der Waals surface area (Å²) in [5, 5.41) is 5.63. The molecular weight excluding hydrogens is 278 g/mol. The molecule has 0 radical (unpaired) electrons. The number of halogens is 1. The highest BCUT2D eigenvalue weighted by atomic mass is 35.5. The van der Waals surface area contributed by atoms with Gasteiger partial charge in [0.05, 0.1) is 12.1 Å². The van der Waals surface area contributed by atoms with Crippen molar-refractivity contribution in [1.29, 1.82) is 0 Å². The van der Waals surface area contributed by atoms with Gasteiger partial charge < -0.3 is 10.6 Å². The summed E-state index contributed by atoms with van der Waals surface area (Å²) in [4.78, 5) is 27.3. The monoisotopic (exact) mass is 287 g/mol. The molecule has 2 amide bonds. The van der Waals surface area contributed by atoms with E-state index < -0.39 is 0 Å². The number of carbonyl (C=O) groups excluding carboxylic acids is 2. The van der Waals surface area contributed by atoms with Crippen LogP contribution >= 0.6 is 11.6 Å². The Labute approximate surface area is 120 Å². The minimum absolute atomic E-state index is 0.0622. The van der Waals surface area contributed by atoms with Crippen LogP contribution in [0.15, 0.2) is 36.5 Å². The summed E-state index contributed by atoms with van der Waals surface area (Å²) < 4.78 is 0. The van der Waals surface area contributed by atoms with Gasteiger partial charge in [0, 0.05) is 17.4 Å². The van der Waals surface area contributed by atoms with Crippen LogP contribution in [0, 0.1) is 0 Å². The molecule has 0 unspecified atom stereocenters. The number of pyridine rings is 1. The highest BCUT2D eigenvalue weighted by Crippen LogP contribution is 2.25. The third-order valence-corrected chi connectivity index (χ3v) is 3.31. The highest BCUT2D eigenvalue weighted by molar-refractivity contribution is 6.32. The normalized spacial score (nSPS) is 12.8. The van der Waals surface area contributed by atoms with Crippen LogP contribution in [0.4, 0.5) is 11.4 Å². The number of aromatic nitrogens is 1. The van der Waals surface area contributed by atoms with Gasteiger partial charge in [0.15, 0.2) is 5.15 Å². The van der Waals surface area contributed by atoms with Crippen LogP contribution in [-0.4, -0.2) is 16.8 Å². The number of hydrogen-bond donors (Lipinski definition) is 2. The molecule has 2 N–H and O–H groups in total. The van der Waals surface area contributed by atoms with Gasteiger partial charge in [-0.2, -0.15) is 0 Å². The van der Waals surface area contributed by atoms with Crippen molar-refractivity contribution < 1.29 is 9.59 Å². The van der Waals surface area contributed by atoms with E-state index in [1.807, 2.05) is 0 Å². The molecule has 6 heteroatoms. The summed E-state index contributed by atoms with van der Waals surface area (Å²) in [6.07, 6.45) is 1.90. The molecule has 1 aromatic heterocycles. The Morgan fingerprint density at radius 2 is 2.20 bits per heavy atom. The molecule has 0 bridgehead atoms. The Morgan fingerprint density at radius 3 is 3.00 bits per heavy atom. The second-order valence-electron chi connectivity index (χ2n) is 4.39. The van der Waals surface area contributed by atoms with E-state index in [4.69, 9.17) is 11.6 Å². The first-order valence-corrected chi connectivity index (χ1v) is 6.36. The van der Waals surface area contributed by atoms with Crippen LogP contribution in [0.1, 0.15) is 15.9 Å². The largest absolute Gasteiger partial charge is 0.326 e. The van der Waals surface area contributed by atoms with Crippen molar-refractivity contribution in [1.82, 2.24) is 4.98 Å². The summed E-state index contributed by atoms with van der Waals surface area (Å²) in [6, 6.07) is 8.46. The van der Waals surface area contributed by atoms with Gasteiger partial charge in [0.25, 0.3) is 5.91 Å². The number of fused-ring (bicyclic) bond motifs is 1. The Bertz CT molecular complexity index is 715. The molecule has 1 aliphatic rings. The van der Waals surface area contributed by atoms with Gasteiger partial charge in [-0.15, -0.1) is 0 Å². The van der Waals surface area contributed by atoms with Crippen LogP contribution < -0.4 is 10.6 Å². The summed E-state index contributed by atoms with van der Waals surface area (Å²) >= 11 is 5.89. The van der Waals surface area contributed by atoms with E-state index in [1.165, 1.54) is 0 Å². The fourth-order valence-electron chi connectivity index (χ4n) is 2.03. The Balaban J connectivity index is 1.84. The van der Waals surface area contributed by atoms with Crippen LogP contribution in [-0.2, 0) is 11.2 Å². The van der Waals surface area contributed by atoms with Gasteiger partial charge in [-0.3, -0.25) is 9.59 Å². The van der Waals surface area contributed by atoms with E-state index in [0.717, 1.165) is 5.56 Å². The lowest BCUT2D eigenvalue weighted by Crippen LogP contribution is -2.12. The summed E-state index contributed by atoms with van der Waals surface area (Å²) in [7, 11) is 0. The van der Waals surface area contributed by atoms with Crippen LogP contribution in [0.2, 0.25) is 5.15 Å². The van der Waals surface area contributed by atoms with Crippen molar-refractivity contribution in [2.45, 2.75) is 6.42 Å². The molecule has 1 aromatic carbocycles. The van der Waals surface area contributed by atoms with Crippen molar-refractivity contribution in [3.05, 3.63) is 52.8 Å². The molecule has 2 aromatic rings. The van der Waals surface area contributed by atoms with Gasteiger partial charge in [0.1, 0.15) is 0 Å². The number of rotatable bonds is 2. The van der Waals surface area contributed by atoms with Crippen LogP contribution in [0.25, 0.3) is 0 Å². The zero-order chi connectivity index (χ0) is 14.1. The maximum atomic E-state index is 12.1. The van der Waals surface area contributed by atoms with Gasteiger partial charge in [-0.05, 0) is 29.8 Å². The van der Waals surface area contributed by atoms with Crippen molar-refractivity contribution in [2.24, 2.45) is 0 Å². The van der Waals surface area contributed by atoms with Gasteiger partial charge in [-0.25, -0.2) is 4.98 Å². The molecule has 0 fully saturated rings. The number of nitrogens with one attached hydrogen (secondary N) is 2. The predicted molar refractivity (Wildman–Crippen MR) is 76.0 cm³/mol. The third-order valence-electron chi connectivity index (χ3n) is 3.00. The molecule has 100 valence electrons. The molecular formula is C14H10ClN3O2. The summed E-state index contributed by atoms with van der Waals surface area (Å²) in [5.41, 5.74) is 2.47. The molecule has 0 atom stereocenters. The van der Waals surface area contributed by atoms with Crippen molar-refractivity contribution in [3.8, 4) is 0 Å². The first-order valence-electron chi connectivity index (χ1n) is 5.98. The zero-order valence-electron chi connectivity index (χ0n) is 10.3. The van der Waals surface area contributed by atoms with E-state index in [-0.39, 0.29) is 17.0 Å². The SMILES string of the molecule is O=C1Cc2ccc(C(=O)Nc3cccnc3Cl)cc2N1. The van der Waals surface area contributed by atoms with E-state index in [9.17, 15) is 9.59 Å². The molecule has 0 saturated carbocycles. The smallest absolute Gasteiger partial charge is 0.255 e.